The molecule has 6 nitrogen and oxygen atoms in total. The molecule has 0 spiro atoms. The molecule has 28 heavy (non-hydrogen) atoms. The lowest BCUT2D eigenvalue weighted by atomic mass is 10.1. The van der Waals surface area contributed by atoms with E-state index in [0.717, 1.165) is 24.2 Å². The SMILES string of the molecule is Cc1ccc(C(=O)NCCCc2ccco2)cc1NS(=O)(=O)c1ccccc1. The Morgan fingerprint density at radius 2 is 1.82 bits per heavy atom. The molecule has 1 heterocycles. The van der Waals surface area contributed by atoms with Crippen molar-refractivity contribution >= 4 is 21.6 Å². The van der Waals surface area contributed by atoms with E-state index in [0.29, 0.717) is 17.8 Å². The monoisotopic (exact) mass is 398 g/mol. The van der Waals surface area contributed by atoms with Crippen LogP contribution in [0.2, 0.25) is 0 Å². The number of hydrogen-bond donors (Lipinski definition) is 2. The third-order valence-corrected chi connectivity index (χ3v) is 5.64. The molecule has 7 heteroatoms. The first kappa shape index (κ1) is 19.7. The summed E-state index contributed by atoms with van der Waals surface area (Å²) in [6.07, 6.45) is 3.11. The van der Waals surface area contributed by atoms with E-state index in [4.69, 9.17) is 4.42 Å². The molecule has 0 bridgehead atoms. The molecule has 0 saturated carbocycles. The quantitative estimate of drug-likeness (QED) is 0.566. The molecule has 146 valence electrons. The maximum absolute atomic E-state index is 12.5. The van der Waals surface area contributed by atoms with E-state index in [2.05, 4.69) is 10.0 Å². The molecule has 0 aliphatic heterocycles. The fourth-order valence-corrected chi connectivity index (χ4v) is 3.84. The molecule has 2 aromatic carbocycles. The first-order valence-electron chi connectivity index (χ1n) is 8.95. The minimum Gasteiger partial charge on any atom is -0.469 e. The Morgan fingerprint density at radius 1 is 1.04 bits per heavy atom. The summed E-state index contributed by atoms with van der Waals surface area (Å²) in [6.45, 7) is 2.28. The number of nitrogens with one attached hydrogen (secondary N) is 2. The maximum atomic E-state index is 12.5. The van der Waals surface area contributed by atoms with Gasteiger partial charge in [0.05, 0.1) is 16.8 Å². The van der Waals surface area contributed by atoms with Gasteiger partial charge in [-0.3, -0.25) is 9.52 Å². The number of hydrogen-bond acceptors (Lipinski definition) is 4. The zero-order valence-electron chi connectivity index (χ0n) is 15.5. The lowest BCUT2D eigenvalue weighted by Crippen LogP contribution is -2.25. The van der Waals surface area contributed by atoms with Gasteiger partial charge in [-0.2, -0.15) is 0 Å². The van der Waals surface area contributed by atoms with Crippen LogP contribution in [0.15, 0.2) is 76.2 Å². The number of aryl methyl sites for hydroxylation is 2. The van der Waals surface area contributed by atoms with Gasteiger partial charge in [-0.05, 0) is 55.3 Å². The lowest BCUT2D eigenvalue weighted by Gasteiger charge is -2.12. The molecule has 0 aliphatic carbocycles. The van der Waals surface area contributed by atoms with Gasteiger partial charge >= 0.3 is 0 Å². The summed E-state index contributed by atoms with van der Waals surface area (Å²) in [5.41, 5.74) is 1.51. The Balaban J connectivity index is 1.64. The third-order valence-electron chi connectivity index (χ3n) is 4.26. The second-order valence-electron chi connectivity index (χ2n) is 6.39. The van der Waals surface area contributed by atoms with Crippen LogP contribution in [0.1, 0.15) is 28.1 Å². The van der Waals surface area contributed by atoms with Crippen LogP contribution in [0.4, 0.5) is 5.69 Å². The van der Waals surface area contributed by atoms with Crippen molar-refractivity contribution in [2.45, 2.75) is 24.7 Å². The van der Waals surface area contributed by atoms with Crippen molar-refractivity contribution in [1.29, 1.82) is 0 Å². The van der Waals surface area contributed by atoms with E-state index in [-0.39, 0.29) is 10.8 Å². The highest BCUT2D eigenvalue weighted by molar-refractivity contribution is 7.92. The summed E-state index contributed by atoms with van der Waals surface area (Å²) < 4.78 is 32.9. The number of carbonyl (C=O) groups is 1. The molecule has 0 aliphatic rings. The fourth-order valence-electron chi connectivity index (χ4n) is 2.70. The van der Waals surface area contributed by atoms with Crippen molar-refractivity contribution in [3.8, 4) is 0 Å². The number of carbonyl (C=O) groups excluding carboxylic acids is 1. The van der Waals surface area contributed by atoms with Crippen molar-refractivity contribution in [3.63, 3.8) is 0 Å². The van der Waals surface area contributed by atoms with E-state index >= 15 is 0 Å². The number of sulfonamides is 1. The summed E-state index contributed by atoms with van der Waals surface area (Å²) >= 11 is 0. The topological polar surface area (TPSA) is 88.4 Å². The number of anilines is 1. The van der Waals surface area contributed by atoms with Crippen LogP contribution in [-0.2, 0) is 16.4 Å². The van der Waals surface area contributed by atoms with Crippen LogP contribution in [-0.4, -0.2) is 20.9 Å². The van der Waals surface area contributed by atoms with E-state index in [1.807, 2.05) is 12.1 Å². The number of amides is 1. The molecule has 0 unspecified atom stereocenters. The van der Waals surface area contributed by atoms with E-state index in [9.17, 15) is 13.2 Å². The highest BCUT2D eigenvalue weighted by Crippen LogP contribution is 2.21. The second-order valence-corrected chi connectivity index (χ2v) is 8.07. The minimum absolute atomic E-state index is 0.169. The van der Waals surface area contributed by atoms with Crippen LogP contribution in [0.3, 0.4) is 0 Å². The largest absolute Gasteiger partial charge is 0.469 e. The van der Waals surface area contributed by atoms with Gasteiger partial charge < -0.3 is 9.73 Å². The van der Waals surface area contributed by atoms with Gasteiger partial charge in [0.25, 0.3) is 15.9 Å². The average Bonchev–Trinajstić information content (AvgIpc) is 3.21. The van der Waals surface area contributed by atoms with Gasteiger partial charge in [-0.15, -0.1) is 0 Å². The minimum atomic E-state index is -3.72. The van der Waals surface area contributed by atoms with E-state index < -0.39 is 10.0 Å². The summed E-state index contributed by atoms with van der Waals surface area (Å²) in [6, 6.07) is 16.8. The van der Waals surface area contributed by atoms with Gasteiger partial charge in [0, 0.05) is 18.5 Å². The highest BCUT2D eigenvalue weighted by Gasteiger charge is 2.16. The molecule has 0 fully saturated rings. The number of benzene rings is 2. The van der Waals surface area contributed by atoms with Crippen molar-refractivity contribution in [1.82, 2.24) is 5.32 Å². The maximum Gasteiger partial charge on any atom is 0.261 e. The zero-order chi connectivity index (χ0) is 20.0. The Labute approximate surface area is 164 Å². The Morgan fingerprint density at radius 3 is 2.54 bits per heavy atom. The summed E-state index contributed by atoms with van der Waals surface area (Å²) in [7, 11) is -3.72. The first-order chi connectivity index (χ1) is 13.5. The van der Waals surface area contributed by atoms with E-state index in [1.165, 1.54) is 12.1 Å². The lowest BCUT2D eigenvalue weighted by molar-refractivity contribution is 0.0953. The molecular weight excluding hydrogens is 376 g/mol. The van der Waals surface area contributed by atoms with Crippen molar-refractivity contribution < 1.29 is 17.6 Å². The molecule has 2 N–H and O–H groups in total. The van der Waals surface area contributed by atoms with Crippen LogP contribution in [0.25, 0.3) is 0 Å². The van der Waals surface area contributed by atoms with Crippen molar-refractivity contribution in [3.05, 3.63) is 83.8 Å². The normalized spacial score (nSPS) is 11.2. The predicted molar refractivity (Wildman–Crippen MR) is 108 cm³/mol. The van der Waals surface area contributed by atoms with Gasteiger partial charge in [0.1, 0.15) is 5.76 Å². The number of rotatable bonds is 8. The van der Waals surface area contributed by atoms with Crippen LogP contribution < -0.4 is 10.0 Å². The van der Waals surface area contributed by atoms with Crippen molar-refractivity contribution in [2.75, 3.05) is 11.3 Å². The van der Waals surface area contributed by atoms with E-state index in [1.54, 1.807) is 49.6 Å². The van der Waals surface area contributed by atoms with Crippen LogP contribution >= 0.6 is 0 Å². The molecule has 0 radical (unpaired) electrons. The molecular formula is C21H22N2O4S. The Hall–Kier alpha value is -3.06. The molecule has 1 aromatic heterocycles. The summed E-state index contributed by atoms with van der Waals surface area (Å²) in [5.74, 6) is 0.627. The number of furan rings is 1. The Kier molecular flexibility index (Phi) is 6.16. The van der Waals surface area contributed by atoms with Gasteiger partial charge in [0.15, 0.2) is 0 Å². The first-order valence-corrected chi connectivity index (χ1v) is 10.4. The van der Waals surface area contributed by atoms with Gasteiger partial charge in [-0.1, -0.05) is 24.3 Å². The van der Waals surface area contributed by atoms with Crippen LogP contribution in [0, 0.1) is 6.92 Å². The molecule has 1 amide bonds. The Bertz CT molecular complexity index is 1030. The van der Waals surface area contributed by atoms with Gasteiger partial charge in [-0.25, -0.2) is 8.42 Å². The van der Waals surface area contributed by atoms with Gasteiger partial charge in [0.2, 0.25) is 0 Å². The zero-order valence-corrected chi connectivity index (χ0v) is 16.3. The highest BCUT2D eigenvalue weighted by atomic mass is 32.2. The van der Waals surface area contributed by atoms with Crippen LogP contribution in [0.5, 0.6) is 0 Å². The standard InChI is InChI=1S/C21H22N2O4S/c1-16-11-12-17(21(24)22-13-5-7-18-8-6-14-27-18)15-20(16)23-28(25,26)19-9-3-2-4-10-19/h2-4,6,8-12,14-15,23H,5,7,13H2,1H3,(H,22,24). The second kappa shape index (κ2) is 8.75. The summed E-state index contributed by atoms with van der Waals surface area (Å²) in [4.78, 5) is 12.6. The fraction of sp³-hybridized carbons (Fsp3) is 0.190. The van der Waals surface area contributed by atoms with Crippen molar-refractivity contribution in [2.24, 2.45) is 0 Å². The predicted octanol–water partition coefficient (Wildman–Crippen LogP) is 3.75. The smallest absolute Gasteiger partial charge is 0.261 e. The summed E-state index contributed by atoms with van der Waals surface area (Å²) in [5, 5.41) is 2.84. The molecule has 0 saturated heterocycles. The molecule has 0 atom stereocenters. The molecule has 3 rings (SSSR count). The third kappa shape index (κ3) is 5.01. The molecule has 3 aromatic rings. The average molecular weight is 398 g/mol.